The van der Waals surface area contributed by atoms with Crippen molar-refractivity contribution in [3.05, 3.63) is 30.5 Å². The van der Waals surface area contributed by atoms with Crippen LogP contribution in [0.2, 0.25) is 0 Å². The summed E-state index contributed by atoms with van der Waals surface area (Å²) in [5.74, 6) is -0.874. The van der Waals surface area contributed by atoms with Crippen LogP contribution in [0.5, 0.6) is 0 Å². The predicted molar refractivity (Wildman–Crippen MR) is 70.8 cm³/mol. The number of aromatic nitrogens is 3. The number of nitrogens with zero attached hydrogens (tertiary/aromatic N) is 3. The molecule has 94 valence electrons. The first kappa shape index (κ1) is 12.6. The molecule has 0 fully saturated rings. The molecule has 0 spiro atoms. The number of rotatable bonds is 5. The number of allylic oxidation sites excluding steroid dienone is 1. The van der Waals surface area contributed by atoms with Crippen LogP contribution >= 0.6 is 11.8 Å². The quantitative estimate of drug-likeness (QED) is 0.661. The lowest BCUT2D eigenvalue weighted by molar-refractivity contribution is -0.133. The Kier molecular flexibility index (Phi) is 3.66. The van der Waals surface area contributed by atoms with E-state index in [1.807, 2.05) is 17.6 Å². The van der Waals surface area contributed by atoms with E-state index in [1.165, 1.54) is 11.8 Å². The number of aryl methyl sites for hydroxylation is 1. The Labute approximate surface area is 109 Å². The molecule has 0 amide bonds. The molecule has 0 atom stereocenters. The standard InChI is InChI=1S/C12H13N3O2S/c1-3-4-15-11-9(5-8(2)6-13-11)14-12(15)18-7-10(16)17/h3,5-6H,1,4,7H2,2H3,(H,16,17). The smallest absolute Gasteiger partial charge is 0.313 e. The Balaban J connectivity index is 2.46. The SMILES string of the molecule is C=CCn1c(SCC(=O)O)nc2cc(C)cnc21. The number of imidazole rings is 1. The molecule has 0 bridgehead atoms. The van der Waals surface area contributed by atoms with Gasteiger partial charge in [-0.1, -0.05) is 17.8 Å². The minimum absolute atomic E-state index is 0.0144. The van der Waals surface area contributed by atoms with Gasteiger partial charge in [0.05, 0.1) is 5.75 Å². The molecule has 0 aliphatic carbocycles. The van der Waals surface area contributed by atoms with E-state index < -0.39 is 5.97 Å². The first-order valence-corrected chi connectivity index (χ1v) is 6.38. The molecule has 0 aromatic carbocycles. The minimum atomic E-state index is -0.860. The van der Waals surface area contributed by atoms with Crippen molar-refractivity contribution >= 4 is 28.9 Å². The Morgan fingerprint density at radius 1 is 1.67 bits per heavy atom. The fourth-order valence-corrected chi connectivity index (χ4v) is 2.35. The molecule has 6 heteroatoms. The molecule has 2 aromatic rings. The van der Waals surface area contributed by atoms with Gasteiger partial charge in [0.1, 0.15) is 5.52 Å². The van der Waals surface area contributed by atoms with Gasteiger partial charge < -0.3 is 5.11 Å². The lowest BCUT2D eigenvalue weighted by Crippen LogP contribution is -2.02. The van der Waals surface area contributed by atoms with Gasteiger partial charge in [-0.15, -0.1) is 6.58 Å². The van der Waals surface area contributed by atoms with Crippen molar-refractivity contribution in [2.45, 2.75) is 18.6 Å². The van der Waals surface area contributed by atoms with Gasteiger partial charge in [-0.05, 0) is 18.6 Å². The highest BCUT2D eigenvalue weighted by Gasteiger charge is 2.12. The lowest BCUT2D eigenvalue weighted by atomic mass is 10.3. The maximum Gasteiger partial charge on any atom is 0.313 e. The summed E-state index contributed by atoms with van der Waals surface area (Å²) < 4.78 is 1.87. The van der Waals surface area contributed by atoms with Crippen molar-refractivity contribution in [3.63, 3.8) is 0 Å². The van der Waals surface area contributed by atoms with Crippen molar-refractivity contribution in [3.8, 4) is 0 Å². The average Bonchev–Trinajstić information content (AvgIpc) is 2.64. The van der Waals surface area contributed by atoms with Gasteiger partial charge in [-0.25, -0.2) is 9.97 Å². The summed E-state index contributed by atoms with van der Waals surface area (Å²) in [5, 5.41) is 9.38. The van der Waals surface area contributed by atoms with Gasteiger partial charge in [0, 0.05) is 12.7 Å². The first-order valence-electron chi connectivity index (χ1n) is 5.40. The number of pyridine rings is 1. The predicted octanol–water partition coefficient (Wildman–Crippen LogP) is 2.10. The Hall–Kier alpha value is -1.82. The average molecular weight is 263 g/mol. The molecule has 0 radical (unpaired) electrons. The fourth-order valence-electron chi connectivity index (χ4n) is 1.62. The summed E-state index contributed by atoms with van der Waals surface area (Å²) in [5.41, 5.74) is 2.57. The molecule has 0 unspecified atom stereocenters. The Morgan fingerprint density at radius 2 is 2.44 bits per heavy atom. The second-order valence-electron chi connectivity index (χ2n) is 3.83. The number of hydrogen-bond donors (Lipinski definition) is 1. The van der Waals surface area contributed by atoms with Gasteiger partial charge in [-0.2, -0.15) is 0 Å². The minimum Gasteiger partial charge on any atom is -0.481 e. The third kappa shape index (κ3) is 2.53. The molecule has 0 saturated heterocycles. The molecule has 5 nitrogen and oxygen atoms in total. The van der Waals surface area contributed by atoms with E-state index in [9.17, 15) is 4.79 Å². The number of carbonyl (C=O) groups is 1. The van der Waals surface area contributed by atoms with Crippen LogP contribution in [-0.4, -0.2) is 31.4 Å². The maximum absolute atomic E-state index is 10.6. The van der Waals surface area contributed by atoms with Crippen LogP contribution in [-0.2, 0) is 11.3 Å². The zero-order valence-electron chi connectivity index (χ0n) is 9.96. The van der Waals surface area contributed by atoms with Crippen LogP contribution in [0.25, 0.3) is 11.2 Å². The molecular weight excluding hydrogens is 250 g/mol. The fraction of sp³-hybridized carbons (Fsp3) is 0.250. The highest BCUT2D eigenvalue weighted by molar-refractivity contribution is 7.99. The van der Waals surface area contributed by atoms with Crippen molar-refractivity contribution < 1.29 is 9.90 Å². The highest BCUT2D eigenvalue weighted by atomic mass is 32.2. The topological polar surface area (TPSA) is 68.0 Å². The maximum atomic E-state index is 10.6. The van der Waals surface area contributed by atoms with E-state index >= 15 is 0 Å². The van der Waals surface area contributed by atoms with Crippen molar-refractivity contribution in [2.24, 2.45) is 0 Å². The van der Waals surface area contributed by atoms with Crippen LogP contribution in [0.15, 0.2) is 30.1 Å². The summed E-state index contributed by atoms with van der Waals surface area (Å²) in [6.07, 6.45) is 3.52. The van der Waals surface area contributed by atoms with E-state index in [4.69, 9.17) is 5.11 Å². The normalized spacial score (nSPS) is 10.7. The van der Waals surface area contributed by atoms with Crippen molar-refractivity contribution in [2.75, 3.05) is 5.75 Å². The van der Waals surface area contributed by atoms with Crippen molar-refractivity contribution in [1.82, 2.24) is 14.5 Å². The van der Waals surface area contributed by atoms with E-state index in [2.05, 4.69) is 16.5 Å². The Morgan fingerprint density at radius 3 is 3.11 bits per heavy atom. The van der Waals surface area contributed by atoms with Gasteiger partial charge in [-0.3, -0.25) is 9.36 Å². The molecule has 0 aliphatic heterocycles. The number of carboxylic acids is 1. The summed E-state index contributed by atoms with van der Waals surface area (Å²) in [4.78, 5) is 19.4. The number of fused-ring (bicyclic) bond motifs is 1. The number of hydrogen-bond acceptors (Lipinski definition) is 4. The highest BCUT2D eigenvalue weighted by Crippen LogP contribution is 2.23. The molecule has 2 heterocycles. The summed E-state index contributed by atoms with van der Waals surface area (Å²) in [6.45, 7) is 6.21. The molecule has 0 aliphatic rings. The van der Waals surface area contributed by atoms with Crippen molar-refractivity contribution in [1.29, 1.82) is 0 Å². The Bertz CT molecular complexity index is 607. The molecule has 1 N–H and O–H groups in total. The summed E-state index contributed by atoms with van der Waals surface area (Å²) in [6, 6.07) is 1.94. The van der Waals surface area contributed by atoms with E-state index in [0.717, 1.165) is 16.7 Å². The third-order valence-corrected chi connectivity index (χ3v) is 3.28. The van der Waals surface area contributed by atoms with Crippen LogP contribution < -0.4 is 0 Å². The number of carboxylic acid groups (broad SMARTS) is 1. The van der Waals surface area contributed by atoms with Crippen LogP contribution in [0.3, 0.4) is 0 Å². The van der Waals surface area contributed by atoms with Gasteiger partial charge in [0.15, 0.2) is 10.8 Å². The summed E-state index contributed by atoms with van der Waals surface area (Å²) in [7, 11) is 0. The molecular formula is C12H13N3O2S. The van der Waals surface area contributed by atoms with Gasteiger partial charge in [0.25, 0.3) is 0 Å². The second kappa shape index (κ2) is 5.22. The van der Waals surface area contributed by atoms with Crippen LogP contribution in [0, 0.1) is 6.92 Å². The zero-order chi connectivity index (χ0) is 13.1. The van der Waals surface area contributed by atoms with Crippen LogP contribution in [0.1, 0.15) is 5.56 Å². The number of thioether (sulfide) groups is 1. The molecule has 2 rings (SSSR count). The number of aliphatic carboxylic acids is 1. The molecule has 2 aromatic heterocycles. The lowest BCUT2D eigenvalue weighted by Gasteiger charge is -2.03. The largest absolute Gasteiger partial charge is 0.481 e. The molecule has 0 saturated carbocycles. The van der Waals surface area contributed by atoms with E-state index in [-0.39, 0.29) is 5.75 Å². The van der Waals surface area contributed by atoms with E-state index in [1.54, 1.807) is 12.3 Å². The second-order valence-corrected chi connectivity index (χ2v) is 4.77. The van der Waals surface area contributed by atoms with E-state index in [0.29, 0.717) is 11.7 Å². The molecule has 18 heavy (non-hydrogen) atoms. The third-order valence-electron chi connectivity index (χ3n) is 2.32. The van der Waals surface area contributed by atoms with Gasteiger partial charge >= 0.3 is 5.97 Å². The monoisotopic (exact) mass is 263 g/mol. The zero-order valence-corrected chi connectivity index (χ0v) is 10.8. The first-order chi connectivity index (χ1) is 8.61. The van der Waals surface area contributed by atoms with Gasteiger partial charge in [0.2, 0.25) is 0 Å². The van der Waals surface area contributed by atoms with Crippen LogP contribution in [0.4, 0.5) is 0 Å². The summed E-state index contributed by atoms with van der Waals surface area (Å²) >= 11 is 1.19.